The minimum atomic E-state index is -0.144. The van der Waals surface area contributed by atoms with Gasteiger partial charge in [-0.25, -0.2) is 0 Å². The molecule has 3 aromatic rings. The van der Waals surface area contributed by atoms with Gasteiger partial charge in [-0.15, -0.1) is 10.2 Å². The summed E-state index contributed by atoms with van der Waals surface area (Å²) in [7, 11) is 1.60. The Morgan fingerprint density at radius 3 is 2.53 bits per heavy atom. The van der Waals surface area contributed by atoms with Crippen molar-refractivity contribution in [1.82, 2.24) is 20.1 Å². The van der Waals surface area contributed by atoms with Gasteiger partial charge in [0.2, 0.25) is 0 Å². The van der Waals surface area contributed by atoms with Crippen LogP contribution in [0.25, 0.3) is 0 Å². The Morgan fingerprint density at radius 1 is 1.13 bits per heavy atom. The maximum absolute atomic E-state index is 12.5. The van der Waals surface area contributed by atoms with E-state index in [0.717, 1.165) is 36.1 Å². The fraction of sp³-hybridized carbons (Fsp3) is 0.348. The van der Waals surface area contributed by atoms with Crippen molar-refractivity contribution in [3.8, 4) is 5.75 Å². The molecular formula is C23H28N4O2S. The molecule has 0 radical (unpaired) electrons. The van der Waals surface area contributed by atoms with Gasteiger partial charge in [-0.2, -0.15) is 0 Å². The van der Waals surface area contributed by atoms with Crippen molar-refractivity contribution in [1.29, 1.82) is 0 Å². The van der Waals surface area contributed by atoms with E-state index in [1.165, 1.54) is 5.56 Å². The highest BCUT2D eigenvalue weighted by molar-refractivity contribution is 7.99. The number of unbranched alkanes of at least 4 members (excludes halogenated alkanes) is 1. The maximum atomic E-state index is 12.5. The number of nitrogens with one attached hydrogen (secondary N) is 1. The first-order valence-electron chi connectivity index (χ1n) is 10.2. The van der Waals surface area contributed by atoms with E-state index in [4.69, 9.17) is 4.74 Å². The number of carbonyl (C=O) groups is 1. The molecule has 1 amide bonds. The van der Waals surface area contributed by atoms with E-state index in [0.29, 0.717) is 12.1 Å². The van der Waals surface area contributed by atoms with Crippen molar-refractivity contribution in [2.24, 2.45) is 0 Å². The van der Waals surface area contributed by atoms with Gasteiger partial charge in [0, 0.05) is 17.4 Å². The van der Waals surface area contributed by atoms with Crippen LogP contribution in [0.1, 0.15) is 53.7 Å². The number of nitrogens with zero attached hydrogens (tertiary/aromatic N) is 3. The highest BCUT2D eigenvalue weighted by Gasteiger charge is 2.17. The Bertz CT molecular complexity index is 942. The maximum Gasteiger partial charge on any atom is 0.251 e. The minimum absolute atomic E-state index is 0.144. The number of thioether (sulfide) groups is 1. The number of ether oxygens (including phenoxy) is 1. The Balaban J connectivity index is 1.69. The summed E-state index contributed by atoms with van der Waals surface area (Å²) >= 11 is 1.69. The standard InChI is InChI=1S/C23H28N4O2S/c1-4-5-15-27-21(16-24-22(28)19-11-13-20(29-3)14-12-19)25-26-23(27)30-17(2)18-9-7-6-8-10-18/h6-14,17H,4-5,15-16H2,1-3H3,(H,24,28). The molecule has 0 saturated heterocycles. The number of benzene rings is 2. The topological polar surface area (TPSA) is 69.0 Å². The van der Waals surface area contributed by atoms with Gasteiger partial charge in [0.25, 0.3) is 5.91 Å². The summed E-state index contributed by atoms with van der Waals surface area (Å²) in [4.78, 5) is 12.5. The van der Waals surface area contributed by atoms with Crippen LogP contribution in [0.5, 0.6) is 5.75 Å². The van der Waals surface area contributed by atoms with E-state index in [9.17, 15) is 4.79 Å². The SMILES string of the molecule is CCCCn1c(CNC(=O)c2ccc(OC)cc2)nnc1SC(C)c1ccccc1. The molecule has 0 aliphatic heterocycles. The summed E-state index contributed by atoms with van der Waals surface area (Å²) in [6.45, 7) is 5.50. The fourth-order valence-electron chi connectivity index (χ4n) is 3.03. The van der Waals surface area contributed by atoms with Gasteiger partial charge in [-0.05, 0) is 43.2 Å². The summed E-state index contributed by atoms with van der Waals surface area (Å²) in [6.07, 6.45) is 2.11. The molecule has 1 unspecified atom stereocenters. The average molecular weight is 425 g/mol. The van der Waals surface area contributed by atoms with E-state index in [-0.39, 0.29) is 11.2 Å². The van der Waals surface area contributed by atoms with E-state index in [1.54, 1.807) is 43.1 Å². The second kappa shape index (κ2) is 10.8. The molecule has 1 atom stereocenters. The summed E-state index contributed by atoms with van der Waals surface area (Å²) in [6, 6.07) is 17.4. The summed E-state index contributed by atoms with van der Waals surface area (Å²) in [5, 5.41) is 12.9. The highest BCUT2D eigenvalue weighted by atomic mass is 32.2. The predicted molar refractivity (Wildman–Crippen MR) is 120 cm³/mol. The first kappa shape index (κ1) is 21.9. The van der Waals surface area contributed by atoms with Crippen LogP contribution < -0.4 is 10.1 Å². The third-order valence-electron chi connectivity index (χ3n) is 4.84. The van der Waals surface area contributed by atoms with E-state index in [2.05, 4.69) is 46.1 Å². The number of methoxy groups -OCH3 is 1. The van der Waals surface area contributed by atoms with Gasteiger partial charge < -0.3 is 14.6 Å². The zero-order chi connectivity index (χ0) is 21.3. The molecule has 3 rings (SSSR count). The zero-order valence-electron chi connectivity index (χ0n) is 17.7. The molecule has 158 valence electrons. The van der Waals surface area contributed by atoms with Gasteiger partial charge >= 0.3 is 0 Å². The summed E-state index contributed by atoms with van der Waals surface area (Å²) in [5.74, 6) is 1.35. The lowest BCUT2D eigenvalue weighted by Crippen LogP contribution is -2.25. The van der Waals surface area contributed by atoms with Crippen LogP contribution in [0.15, 0.2) is 59.8 Å². The van der Waals surface area contributed by atoms with Gasteiger partial charge in [0.05, 0.1) is 13.7 Å². The predicted octanol–water partition coefficient (Wildman–Crippen LogP) is 4.87. The van der Waals surface area contributed by atoms with Crippen molar-refractivity contribution in [3.63, 3.8) is 0 Å². The van der Waals surface area contributed by atoms with Crippen molar-refractivity contribution in [2.75, 3.05) is 7.11 Å². The van der Waals surface area contributed by atoms with Gasteiger partial charge in [0.15, 0.2) is 11.0 Å². The second-order valence-corrected chi connectivity index (χ2v) is 8.29. The monoisotopic (exact) mass is 424 g/mol. The van der Waals surface area contributed by atoms with Crippen LogP contribution in [0.2, 0.25) is 0 Å². The highest BCUT2D eigenvalue weighted by Crippen LogP contribution is 2.34. The third kappa shape index (κ3) is 5.63. The average Bonchev–Trinajstić information content (AvgIpc) is 3.17. The molecule has 0 bridgehead atoms. The molecule has 0 saturated carbocycles. The molecule has 0 aliphatic carbocycles. The lowest BCUT2D eigenvalue weighted by molar-refractivity contribution is 0.0949. The van der Waals surface area contributed by atoms with Crippen LogP contribution in [0, 0.1) is 0 Å². The van der Waals surface area contributed by atoms with Crippen molar-refractivity contribution in [3.05, 3.63) is 71.5 Å². The Labute approximate surface area is 182 Å². The van der Waals surface area contributed by atoms with E-state index >= 15 is 0 Å². The number of rotatable bonds is 10. The Morgan fingerprint density at radius 2 is 1.87 bits per heavy atom. The van der Waals surface area contributed by atoms with Crippen LogP contribution >= 0.6 is 11.8 Å². The smallest absolute Gasteiger partial charge is 0.251 e. The van der Waals surface area contributed by atoms with Crippen molar-refractivity contribution in [2.45, 2.75) is 50.2 Å². The normalized spacial score (nSPS) is 11.8. The van der Waals surface area contributed by atoms with E-state index in [1.807, 2.05) is 18.2 Å². The lowest BCUT2D eigenvalue weighted by atomic mass is 10.2. The van der Waals surface area contributed by atoms with Gasteiger partial charge in [-0.3, -0.25) is 4.79 Å². The number of hydrogen-bond donors (Lipinski definition) is 1. The molecule has 1 heterocycles. The first-order chi connectivity index (χ1) is 14.6. The Hall–Kier alpha value is -2.80. The van der Waals surface area contributed by atoms with Crippen molar-refractivity contribution >= 4 is 17.7 Å². The molecule has 0 spiro atoms. The molecule has 0 fully saturated rings. The quantitative estimate of drug-likeness (QED) is 0.470. The van der Waals surface area contributed by atoms with Crippen LogP contribution in [-0.4, -0.2) is 27.8 Å². The molecule has 7 heteroatoms. The number of carbonyl (C=O) groups excluding carboxylic acids is 1. The van der Waals surface area contributed by atoms with Crippen LogP contribution in [0.3, 0.4) is 0 Å². The fourth-order valence-corrected chi connectivity index (χ4v) is 4.05. The first-order valence-corrected chi connectivity index (χ1v) is 11.1. The van der Waals surface area contributed by atoms with Crippen LogP contribution in [0.4, 0.5) is 0 Å². The summed E-state index contributed by atoms with van der Waals surface area (Å²) in [5.41, 5.74) is 1.84. The number of aromatic nitrogens is 3. The molecule has 30 heavy (non-hydrogen) atoms. The van der Waals surface area contributed by atoms with Gasteiger partial charge in [0.1, 0.15) is 5.75 Å². The molecule has 6 nitrogen and oxygen atoms in total. The largest absolute Gasteiger partial charge is 0.497 e. The third-order valence-corrected chi connectivity index (χ3v) is 5.98. The van der Waals surface area contributed by atoms with Crippen molar-refractivity contribution < 1.29 is 9.53 Å². The Kier molecular flexibility index (Phi) is 7.90. The molecule has 0 aliphatic rings. The lowest BCUT2D eigenvalue weighted by Gasteiger charge is -2.14. The molecule has 2 aromatic carbocycles. The number of hydrogen-bond acceptors (Lipinski definition) is 5. The molecular weight excluding hydrogens is 396 g/mol. The minimum Gasteiger partial charge on any atom is -0.497 e. The summed E-state index contributed by atoms with van der Waals surface area (Å²) < 4.78 is 7.27. The van der Waals surface area contributed by atoms with Gasteiger partial charge in [-0.1, -0.05) is 55.4 Å². The molecule has 1 N–H and O–H groups in total. The van der Waals surface area contributed by atoms with E-state index < -0.39 is 0 Å². The second-order valence-electron chi connectivity index (χ2n) is 6.99. The molecule has 1 aromatic heterocycles. The van der Waals surface area contributed by atoms with Crippen LogP contribution in [-0.2, 0) is 13.1 Å². The number of amides is 1. The zero-order valence-corrected chi connectivity index (χ0v) is 18.5.